The van der Waals surface area contributed by atoms with Gasteiger partial charge in [-0.1, -0.05) is 20.3 Å². The van der Waals surface area contributed by atoms with Crippen molar-refractivity contribution in [3.8, 4) is 0 Å². The van der Waals surface area contributed by atoms with Crippen LogP contribution < -0.4 is 0 Å². The Labute approximate surface area is 84.8 Å². The van der Waals surface area contributed by atoms with Crippen LogP contribution in [0.4, 0.5) is 0 Å². The first-order valence-corrected chi connectivity index (χ1v) is 6.88. The molecule has 0 bridgehead atoms. The topological polar surface area (TPSA) is 74.6 Å². The zero-order valence-electron chi connectivity index (χ0n) is 8.77. The maximum atomic E-state index is 11.7. The van der Waals surface area contributed by atoms with Crippen LogP contribution in [0.1, 0.15) is 39.5 Å². The summed E-state index contributed by atoms with van der Waals surface area (Å²) < 4.78 is 11.7. The van der Waals surface area contributed by atoms with Gasteiger partial charge in [-0.25, -0.2) is 0 Å². The first-order chi connectivity index (χ1) is 6.44. The molecule has 0 aromatic heterocycles. The molecule has 4 nitrogen and oxygen atoms in total. The number of hydrogen-bond donors (Lipinski definition) is 2. The molecule has 2 unspecified atom stereocenters. The Hall–Kier alpha value is -0.340. The van der Waals surface area contributed by atoms with Crippen molar-refractivity contribution in [2.45, 2.75) is 45.2 Å². The van der Waals surface area contributed by atoms with Gasteiger partial charge in [-0.2, -0.15) is 0 Å². The van der Waals surface area contributed by atoms with Crippen molar-refractivity contribution in [1.82, 2.24) is 0 Å². The highest BCUT2D eigenvalue weighted by Crippen LogP contribution is 2.49. The van der Waals surface area contributed by atoms with E-state index in [9.17, 15) is 14.3 Å². The lowest BCUT2D eigenvalue weighted by atomic mass is 10.2. The number of unbranched alkanes of at least 4 members (excludes halogenated alkanes) is 1. The minimum absolute atomic E-state index is 0.200. The van der Waals surface area contributed by atoms with Crippen LogP contribution in [0.3, 0.4) is 0 Å². The Balaban J connectivity index is 4.32. The van der Waals surface area contributed by atoms with Crippen LogP contribution in [-0.4, -0.2) is 27.8 Å². The third kappa shape index (κ3) is 4.77. The molecule has 0 aromatic rings. The molecule has 0 rings (SSSR count). The van der Waals surface area contributed by atoms with Gasteiger partial charge in [0.2, 0.25) is 7.37 Å². The first kappa shape index (κ1) is 13.7. The van der Waals surface area contributed by atoms with Gasteiger partial charge in [-0.3, -0.25) is 9.36 Å². The van der Waals surface area contributed by atoms with Crippen molar-refractivity contribution in [2.75, 3.05) is 6.16 Å². The average Bonchev–Trinajstić information content (AvgIpc) is 2.10. The van der Waals surface area contributed by atoms with Crippen LogP contribution in [-0.2, 0) is 9.36 Å². The zero-order chi connectivity index (χ0) is 11.2. The fourth-order valence-electron chi connectivity index (χ4n) is 1.34. The summed E-state index contributed by atoms with van der Waals surface area (Å²) in [6.07, 6.45) is 2.03. The molecule has 0 spiro atoms. The van der Waals surface area contributed by atoms with Crippen LogP contribution in [0.2, 0.25) is 0 Å². The quantitative estimate of drug-likeness (QED) is 0.648. The molecule has 0 saturated heterocycles. The van der Waals surface area contributed by atoms with E-state index in [1.54, 1.807) is 6.92 Å². The Bertz CT molecular complexity index is 227. The number of hydrogen-bond acceptors (Lipinski definition) is 2. The summed E-state index contributed by atoms with van der Waals surface area (Å²) in [6, 6.07) is 0. The van der Waals surface area contributed by atoms with Gasteiger partial charge in [0.25, 0.3) is 0 Å². The van der Waals surface area contributed by atoms with Crippen LogP contribution >= 0.6 is 7.37 Å². The van der Waals surface area contributed by atoms with Crippen LogP contribution in [0.15, 0.2) is 0 Å². The van der Waals surface area contributed by atoms with E-state index in [2.05, 4.69) is 0 Å². The Morgan fingerprint density at radius 1 is 1.43 bits per heavy atom. The minimum Gasteiger partial charge on any atom is -0.481 e. The van der Waals surface area contributed by atoms with Gasteiger partial charge in [0.05, 0.1) is 6.42 Å². The molecule has 0 saturated carbocycles. The monoisotopic (exact) mass is 222 g/mol. The summed E-state index contributed by atoms with van der Waals surface area (Å²) in [4.78, 5) is 20.1. The average molecular weight is 222 g/mol. The second kappa shape index (κ2) is 6.20. The number of carboxylic acid groups (broad SMARTS) is 1. The highest BCUT2D eigenvalue weighted by molar-refractivity contribution is 7.58. The highest BCUT2D eigenvalue weighted by Gasteiger charge is 2.30. The Kier molecular flexibility index (Phi) is 6.05. The third-order valence-electron chi connectivity index (χ3n) is 2.28. The molecule has 0 aromatic carbocycles. The lowest BCUT2D eigenvalue weighted by Crippen LogP contribution is -2.15. The maximum absolute atomic E-state index is 11.7. The molecule has 0 aliphatic heterocycles. The van der Waals surface area contributed by atoms with Crippen molar-refractivity contribution in [2.24, 2.45) is 0 Å². The van der Waals surface area contributed by atoms with Crippen molar-refractivity contribution >= 4 is 13.3 Å². The molecule has 84 valence electrons. The molecule has 0 heterocycles. The summed E-state index contributed by atoms with van der Waals surface area (Å²) in [5.74, 6) is -0.998. The molecule has 2 atom stereocenters. The SMILES string of the molecule is CCCCP(=O)(O)C(CC)CC(=O)O. The lowest BCUT2D eigenvalue weighted by molar-refractivity contribution is -0.137. The molecule has 5 heteroatoms. The minimum atomic E-state index is -3.25. The van der Waals surface area contributed by atoms with E-state index >= 15 is 0 Å². The van der Waals surface area contributed by atoms with E-state index in [1.165, 1.54) is 0 Å². The van der Waals surface area contributed by atoms with E-state index < -0.39 is 19.0 Å². The second-order valence-corrected chi connectivity index (χ2v) is 6.18. The fraction of sp³-hybridized carbons (Fsp3) is 0.889. The summed E-state index contributed by atoms with van der Waals surface area (Å²) in [6.45, 7) is 3.70. The Morgan fingerprint density at radius 3 is 2.36 bits per heavy atom. The molecule has 14 heavy (non-hydrogen) atoms. The second-order valence-electron chi connectivity index (χ2n) is 3.49. The van der Waals surface area contributed by atoms with Crippen molar-refractivity contribution < 1.29 is 19.4 Å². The third-order valence-corrected chi connectivity index (χ3v) is 4.93. The van der Waals surface area contributed by atoms with Gasteiger partial charge >= 0.3 is 5.97 Å². The molecular weight excluding hydrogens is 203 g/mol. The van der Waals surface area contributed by atoms with Gasteiger partial charge in [-0.05, 0) is 12.8 Å². The largest absolute Gasteiger partial charge is 0.481 e. The summed E-state index contributed by atoms with van der Waals surface area (Å²) in [7, 11) is -3.25. The molecular formula is C9H19O4P. The standard InChI is InChI=1S/C9H19O4P/c1-3-5-6-14(12,13)8(4-2)7-9(10)11/h8H,3-7H2,1-2H3,(H,10,11)(H,12,13). The van der Waals surface area contributed by atoms with Gasteiger partial charge in [0.1, 0.15) is 0 Å². The molecule has 0 aliphatic rings. The molecule has 0 fully saturated rings. The predicted octanol–water partition coefficient (Wildman–Crippen LogP) is 2.31. The van der Waals surface area contributed by atoms with Gasteiger partial charge in [0.15, 0.2) is 0 Å². The first-order valence-electron chi connectivity index (χ1n) is 4.97. The van der Waals surface area contributed by atoms with E-state index in [-0.39, 0.29) is 12.6 Å². The number of carboxylic acids is 1. The lowest BCUT2D eigenvalue weighted by Gasteiger charge is -2.19. The molecule has 2 N–H and O–H groups in total. The zero-order valence-corrected chi connectivity index (χ0v) is 9.67. The molecule has 0 radical (unpaired) electrons. The van der Waals surface area contributed by atoms with Crippen molar-refractivity contribution in [1.29, 1.82) is 0 Å². The van der Waals surface area contributed by atoms with Crippen LogP contribution in [0, 0.1) is 0 Å². The molecule has 0 amide bonds. The summed E-state index contributed by atoms with van der Waals surface area (Å²) >= 11 is 0. The van der Waals surface area contributed by atoms with E-state index in [1.807, 2.05) is 6.92 Å². The molecule has 0 aliphatic carbocycles. The number of carbonyl (C=O) groups is 1. The van der Waals surface area contributed by atoms with Crippen molar-refractivity contribution in [3.63, 3.8) is 0 Å². The van der Waals surface area contributed by atoms with Crippen molar-refractivity contribution in [3.05, 3.63) is 0 Å². The number of aliphatic carboxylic acids is 1. The van der Waals surface area contributed by atoms with Crippen LogP contribution in [0.5, 0.6) is 0 Å². The highest BCUT2D eigenvalue weighted by atomic mass is 31.2. The van der Waals surface area contributed by atoms with E-state index in [0.717, 1.165) is 6.42 Å². The van der Waals surface area contributed by atoms with Gasteiger partial charge in [0, 0.05) is 11.8 Å². The van der Waals surface area contributed by atoms with E-state index in [0.29, 0.717) is 12.8 Å². The predicted molar refractivity (Wildman–Crippen MR) is 55.9 cm³/mol. The Morgan fingerprint density at radius 2 is 2.00 bits per heavy atom. The van der Waals surface area contributed by atoms with Gasteiger partial charge in [-0.15, -0.1) is 0 Å². The fourth-order valence-corrected chi connectivity index (χ4v) is 3.49. The number of rotatable bonds is 7. The summed E-state index contributed by atoms with van der Waals surface area (Å²) in [5, 5.41) is 8.57. The smallest absolute Gasteiger partial charge is 0.304 e. The van der Waals surface area contributed by atoms with Crippen LogP contribution in [0.25, 0.3) is 0 Å². The normalized spacial score (nSPS) is 17.4. The summed E-state index contributed by atoms with van der Waals surface area (Å²) in [5.41, 5.74) is -0.577. The maximum Gasteiger partial charge on any atom is 0.304 e. The van der Waals surface area contributed by atoms with E-state index in [4.69, 9.17) is 5.11 Å². The van der Waals surface area contributed by atoms with Gasteiger partial charge < -0.3 is 10.00 Å².